The summed E-state index contributed by atoms with van der Waals surface area (Å²) in [5.41, 5.74) is 5.98. The lowest BCUT2D eigenvalue weighted by Gasteiger charge is -2.12. The Balaban J connectivity index is 1.05. The Morgan fingerprint density at radius 3 is 0.643 bits per heavy atom. The zero-order valence-corrected chi connectivity index (χ0v) is 40.8. The van der Waals surface area contributed by atoms with Crippen molar-refractivity contribution in [1.29, 1.82) is 0 Å². The molecule has 0 fully saturated rings. The Morgan fingerprint density at radius 2 is 0.446 bits per heavy atom. The van der Waals surface area contributed by atoms with Gasteiger partial charge in [0.2, 0.25) is 0 Å². The molecule has 0 radical (unpaired) electrons. The maximum Gasteiger partial charge on any atom is 0.0708 e. The van der Waals surface area contributed by atoms with E-state index in [1.54, 1.807) is 0 Å². The highest BCUT2D eigenvalue weighted by molar-refractivity contribution is 8.30. The molecule has 4 rings (SSSR count). The van der Waals surface area contributed by atoms with Gasteiger partial charge in [0.05, 0.1) is 8.47 Å². The summed E-state index contributed by atoms with van der Waals surface area (Å²) >= 11 is 8.22. The van der Waals surface area contributed by atoms with Crippen LogP contribution in [0.2, 0.25) is 0 Å². The summed E-state index contributed by atoms with van der Waals surface area (Å²) in [6.07, 6.45) is 45.9. The van der Waals surface area contributed by atoms with Gasteiger partial charge in [-0.2, -0.15) is 0 Å². The minimum atomic E-state index is 1.19. The van der Waals surface area contributed by atoms with Gasteiger partial charge in [-0.25, -0.2) is 0 Å². The molecule has 0 bridgehead atoms. The van der Waals surface area contributed by atoms with Crippen molar-refractivity contribution in [1.82, 2.24) is 9.13 Å². The molecule has 2 aromatic rings. The molecule has 2 aliphatic rings. The molecule has 320 valence electrons. The van der Waals surface area contributed by atoms with E-state index in [1.807, 2.05) is 0 Å². The van der Waals surface area contributed by atoms with Gasteiger partial charge in [-0.1, -0.05) is 254 Å². The average Bonchev–Trinajstić information content (AvgIpc) is 3.94. The van der Waals surface area contributed by atoms with Gasteiger partial charge in [-0.3, -0.25) is 0 Å². The summed E-state index contributed by atoms with van der Waals surface area (Å²) in [4.78, 5) is 6.13. The molecule has 6 heteroatoms. The maximum atomic E-state index is 2.63. The van der Waals surface area contributed by atoms with Gasteiger partial charge in [-0.05, 0) is 40.5 Å². The van der Waals surface area contributed by atoms with Crippen LogP contribution >= 0.6 is 47.0 Å². The van der Waals surface area contributed by atoms with Gasteiger partial charge in [0.1, 0.15) is 0 Å². The van der Waals surface area contributed by atoms with E-state index >= 15 is 0 Å². The van der Waals surface area contributed by atoms with Crippen LogP contribution in [-0.2, 0) is 13.1 Å². The number of rotatable bonds is 34. The smallest absolute Gasteiger partial charge is 0.0708 e. The molecule has 0 unspecified atom stereocenters. The van der Waals surface area contributed by atoms with Crippen molar-refractivity contribution in [3.8, 4) is 0 Å². The van der Waals surface area contributed by atoms with Crippen LogP contribution in [0.5, 0.6) is 0 Å². The fraction of sp³-hybridized carbons (Fsp3) is 0.800. The molecule has 0 N–H and O–H groups in total. The molecular weight excluding hydrogens is 757 g/mol. The molecule has 0 saturated heterocycles. The number of aromatic nitrogens is 2. The first-order valence-corrected chi connectivity index (χ1v) is 27.6. The predicted molar refractivity (Wildman–Crippen MR) is 257 cm³/mol. The molecule has 0 amide bonds. The summed E-state index contributed by atoms with van der Waals surface area (Å²) in [6.45, 7) is 16.5. The van der Waals surface area contributed by atoms with Crippen molar-refractivity contribution in [2.45, 2.75) is 280 Å². The van der Waals surface area contributed by atoms with Crippen molar-refractivity contribution in [2.24, 2.45) is 0 Å². The largest absolute Gasteiger partial charge is 0.347 e. The van der Waals surface area contributed by atoms with Crippen LogP contribution in [0.3, 0.4) is 0 Å². The van der Waals surface area contributed by atoms with Gasteiger partial charge < -0.3 is 9.13 Å². The SMILES string of the molecule is CCCCCCCCCCCCCCCCCCn1c(C)c2c(c1C)SC(=C1Sc3c(c(C)n(CCCCCCCCCCCCCCCCCC)c3C)S1)S2. The highest BCUT2D eigenvalue weighted by Crippen LogP contribution is 2.64. The number of nitrogens with zero attached hydrogens (tertiary/aromatic N) is 2. The minimum absolute atomic E-state index is 1.19. The molecule has 2 aromatic heterocycles. The summed E-state index contributed by atoms with van der Waals surface area (Å²) < 4.78 is 8.31. The van der Waals surface area contributed by atoms with E-state index in [1.165, 1.54) is 269 Å². The first kappa shape index (κ1) is 48.4. The topological polar surface area (TPSA) is 9.86 Å². The number of hydrogen-bond donors (Lipinski definition) is 0. The quantitative estimate of drug-likeness (QED) is 0.0649. The Bertz CT molecular complexity index is 1230. The van der Waals surface area contributed by atoms with E-state index in [4.69, 9.17) is 0 Å². The monoisotopic (exact) mass is 843 g/mol. The Hall–Kier alpha value is -0.300. The third kappa shape index (κ3) is 16.3. The molecule has 4 heterocycles. The molecule has 0 aromatic carbocycles. The van der Waals surface area contributed by atoms with Gasteiger partial charge in [0.25, 0.3) is 0 Å². The van der Waals surface area contributed by atoms with E-state index in [0.717, 1.165) is 0 Å². The fourth-order valence-corrected chi connectivity index (χ4v) is 14.9. The van der Waals surface area contributed by atoms with Crippen LogP contribution in [0, 0.1) is 27.7 Å². The standard InChI is InChI=1S/C50H86N2S4/c1-7-9-11-13-15-17-19-21-23-25-27-29-31-33-35-37-39-51-41(3)45-46(42(51)4)54-49(53-45)50-55-47-43(5)52(44(6)48(47)56-50)40-38-36-34-32-30-28-26-24-22-20-18-16-14-12-10-8-2/h7-40H2,1-6H3. The third-order valence-corrected chi connectivity index (χ3v) is 18.9. The van der Waals surface area contributed by atoms with E-state index in [0.29, 0.717) is 0 Å². The number of unbranched alkanes of at least 4 members (excludes halogenated alkanes) is 30. The van der Waals surface area contributed by atoms with Crippen LogP contribution in [0.1, 0.15) is 242 Å². The normalized spacial score (nSPS) is 13.8. The van der Waals surface area contributed by atoms with E-state index in [9.17, 15) is 0 Å². The molecule has 2 nitrogen and oxygen atoms in total. The Labute approximate surface area is 364 Å². The second-order valence-corrected chi connectivity index (χ2v) is 22.2. The number of fused-ring (bicyclic) bond motifs is 2. The Morgan fingerprint density at radius 1 is 0.268 bits per heavy atom. The van der Waals surface area contributed by atoms with E-state index in [2.05, 4.69) is 97.7 Å². The fourth-order valence-electron chi connectivity index (χ4n) is 9.02. The van der Waals surface area contributed by atoms with Crippen molar-refractivity contribution in [2.75, 3.05) is 0 Å². The summed E-state index contributed by atoms with van der Waals surface area (Å²) in [6, 6.07) is 0. The molecule has 0 aliphatic carbocycles. The lowest BCUT2D eigenvalue weighted by atomic mass is 10.0. The highest BCUT2D eigenvalue weighted by Gasteiger charge is 2.34. The minimum Gasteiger partial charge on any atom is -0.347 e. The number of hydrogen-bond acceptors (Lipinski definition) is 4. The van der Waals surface area contributed by atoms with Crippen LogP contribution in [0.25, 0.3) is 0 Å². The molecule has 0 atom stereocenters. The van der Waals surface area contributed by atoms with E-state index in [-0.39, 0.29) is 0 Å². The molecule has 0 spiro atoms. The predicted octanol–water partition coefficient (Wildman–Crippen LogP) is 19.3. The van der Waals surface area contributed by atoms with Crippen molar-refractivity contribution < 1.29 is 0 Å². The van der Waals surface area contributed by atoms with Gasteiger partial charge in [0.15, 0.2) is 0 Å². The van der Waals surface area contributed by atoms with E-state index < -0.39 is 0 Å². The second kappa shape index (κ2) is 29.0. The Kier molecular flexibility index (Phi) is 25.1. The second-order valence-electron chi connectivity index (χ2n) is 17.6. The first-order valence-electron chi connectivity index (χ1n) is 24.3. The third-order valence-electron chi connectivity index (χ3n) is 12.8. The summed E-state index contributed by atoms with van der Waals surface area (Å²) in [5.74, 6) is 0. The van der Waals surface area contributed by atoms with Crippen molar-refractivity contribution in [3.63, 3.8) is 0 Å². The highest BCUT2D eigenvalue weighted by atomic mass is 32.2. The number of thioether (sulfide) groups is 4. The molecule has 2 aliphatic heterocycles. The van der Waals surface area contributed by atoms with Crippen LogP contribution in [-0.4, -0.2) is 9.13 Å². The van der Waals surface area contributed by atoms with Crippen molar-refractivity contribution in [3.05, 3.63) is 31.3 Å². The first-order chi connectivity index (χ1) is 27.5. The maximum absolute atomic E-state index is 2.63. The molecule has 56 heavy (non-hydrogen) atoms. The van der Waals surface area contributed by atoms with Crippen molar-refractivity contribution >= 4 is 47.0 Å². The van der Waals surface area contributed by atoms with Crippen LogP contribution in [0.4, 0.5) is 0 Å². The van der Waals surface area contributed by atoms with Gasteiger partial charge in [0, 0.05) is 55.4 Å². The van der Waals surface area contributed by atoms with Crippen LogP contribution < -0.4 is 0 Å². The summed E-state index contributed by atoms with van der Waals surface area (Å²) in [5, 5.41) is 0. The molecular formula is C50H86N2S4. The zero-order valence-electron chi connectivity index (χ0n) is 37.6. The van der Waals surface area contributed by atoms with Gasteiger partial charge in [-0.15, -0.1) is 0 Å². The summed E-state index contributed by atoms with van der Waals surface area (Å²) in [7, 11) is 0. The van der Waals surface area contributed by atoms with Gasteiger partial charge >= 0.3 is 0 Å². The lowest BCUT2D eigenvalue weighted by Crippen LogP contribution is -2.03. The lowest BCUT2D eigenvalue weighted by molar-refractivity contribution is 0.517. The average molecular weight is 844 g/mol. The molecule has 0 saturated carbocycles. The zero-order chi connectivity index (χ0) is 39.8. The van der Waals surface area contributed by atoms with Crippen LogP contribution in [0.15, 0.2) is 28.1 Å².